The van der Waals surface area contributed by atoms with Crippen molar-refractivity contribution in [2.24, 2.45) is 0 Å². The van der Waals surface area contributed by atoms with Crippen LogP contribution in [0.3, 0.4) is 0 Å². The van der Waals surface area contributed by atoms with E-state index in [0.29, 0.717) is 6.10 Å². The van der Waals surface area contributed by atoms with Gasteiger partial charge in [0.15, 0.2) is 0 Å². The molecular weight excluding hydrogens is 190 g/mol. The lowest BCUT2D eigenvalue weighted by molar-refractivity contribution is 0.0279. The number of piperidine rings is 1. The topological polar surface area (TPSA) is 30.5 Å². The zero-order valence-corrected chi connectivity index (χ0v) is 9.76. The standard InChI is InChI=1S/C12H23NO2/c1-14-10-12(6-2-3-7-13-12)9-11-5-4-8-15-11/h11,13H,2-10H2,1H3. The fourth-order valence-corrected chi connectivity index (χ4v) is 2.90. The molecule has 0 bridgehead atoms. The van der Waals surface area contributed by atoms with Gasteiger partial charge in [-0.1, -0.05) is 6.42 Å². The third-order valence-corrected chi connectivity index (χ3v) is 3.65. The molecule has 2 heterocycles. The molecule has 0 radical (unpaired) electrons. The number of hydrogen-bond acceptors (Lipinski definition) is 3. The lowest BCUT2D eigenvalue weighted by Crippen LogP contribution is -2.53. The predicted molar refractivity (Wildman–Crippen MR) is 60.1 cm³/mol. The highest BCUT2D eigenvalue weighted by atomic mass is 16.5. The third kappa shape index (κ3) is 2.92. The van der Waals surface area contributed by atoms with E-state index < -0.39 is 0 Å². The molecule has 1 N–H and O–H groups in total. The van der Waals surface area contributed by atoms with Gasteiger partial charge in [-0.3, -0.25) is 0 Å². The first-order chi connectivity index (χ1) is 7.35. The Bertz CT molecular complexity index is 179. The van der Waals surface area contributed by atoms with Crippen molar-refractivity contribution >= 4 is 0 Å². The van der Waals surface area contributed by atoms with Crippen LogP contribution < -0.4 is 5.32 Å². The van der Waals surface area contributed by atoms with Gasteiger partial charge in [0.1, 0.15) is 0 Å². The van der Waals surface area contributed by atoms with Crippen molar-refractivity contribution < 1.29 is 9.47 Å². The van der Waals surface area contributed by atoms with Crippen molar-refractivity contribution in [1.82, 2.24) is 5.32 Å². The highest BCUT2D eigenvalue weighted by Crippen LogP contribution is 2.29. The highest BCUT2D eigenvalue weighted by Gasteiger charge is 2.35. The van der Waals surface area contributed by atoms with Gasteiger partial charge < -0.3 is 14.8 Å². The molecule has 2 aliphatic heterocycles. The van der Waals surface area contributed by atoms with Gasteiger partial charge >= 0.3 is 0 Å². The largest absolute Gasteiger partial charge is 0.383 e. The van der Waals surface area contributed by atoms with E-state index in [1.54, 1.807) is 7.11 Å². The first-order valence-electron chi connectivity index (χ1n) is 6.20. The van der Waals surface area contributed by atoms with Gasteiger partial charge in [-0.2, -0.15) is 0 Å². The van der Waals surface area contributed by atoms with Crippen LogP contribution in [0.5, 0.6) is 0 Å². The molecule has 2 atom stereocenters. The molecule has 0 amide bonds. The molecular formula is C12H23NO2. The second-order valence-electron chi connectivity index (χ2n) is 4.94. The zero-order valence-electron chi connectivity index (χ0n) is 9.76. The normalized spacial score (nSPS) is 37.0. The summed E-state index contributed by atoms with van der Waals surface area (Å²) in [6.45, 7) is 2.91. The second-order valence-corrected chi connectivity index (χ2v) is 4.94. The zero-order chi connectivity index (χ0) is 10.6. The van der Waals surface area contributed by atoms with Crippen LogP contribution in [0.1, 0.15) is 38.5 Å². The highest BCUT2D eigenvalue weighted by molar-refractivity contribution is 4.93. The maximum Gasteiger partial charge on any atom is 0.0645 e. The van der Waals surface area contributed by atoms with Crippen LogP contribution in [0.4, 0.5) is 0 Å². The van der Waals surface area contributed by atoms with E-state index in [1.807, 2.05) is 0 Å². The van der Waals surface area contributed by atoms with Gasteiger partial charge in [-0.25, -0.2) is 0 Å². The number of ether oxygens (including phenoxy) is 2. The van der Waals surface area contributed by atoms with Crippen LogP contribution in [-0.4, -0.2) is 38.5 Å². The average molecular weight is 213 g/mol. The first kappa shape index (κ1) is 11.4. The van der Waals surface area contributed by atoms with Gasteiger partial charge in [0.25, 0.3) is 0 Å². The summed E-state index contributed by atoms with van der Waals surface area (Å²) in [5.41, 5.74) is 0.196. The molecule has 0 spiro atoms. The van der Waals surface area contributed by atoms with Crippen molar-refractivity contribution in [3.8, 4) is 0 Å². The minimum absolute atomic E-state index is 0.196. The molecule has 15 heavy (non-hydrogen) atoms. The van der Waals surface area contributed by atoms with Crippen LogP contribution in [0.25, 0.3) is 0 Å². The Kier molecular flexibility index (Phi) is 4.00. The summed E-state index contributed by atoms with van der Waals surface area (Å²) < 4.78 is 11.1. The molecule has 2 fully saturated rings. The molecule has 0 aromatic heterocycles. The minimum atomic E-state index is 0.196. The maximum atomic E-state index is 5.73. The molecule has 0 aromatic carbocycles. The molecule has 3 nitrogen and oxygen atoms in total. The molecule has 2 saturated heterocycles. The van der Waals surface area contributed by atoms with E-state index in [4.69, 9.17) is 9.47 Å². The van der Waals surface area contributed by atoms with E-state index in [9.17, 15) is 0 Å². The summed E-state index contributed by atoms with van der Waals surface area (Å²) in [6.07, 6.45) is 7.91. The molecule has 0 aromatic rings. The Hall–Kier alpha value is -0.120. The Morgan fingerprint density at radius 2 is 2.33 bits per heavy atom. The van der Waals surface area contributed by atoms with Crippen LogP contribution >= 0.6 is 0 Å². The summed E-state index contributed by atoms with van der Waals surface area (Å²) in [5.74, 6) is 0. The number of methoxy groups -OCH3 is 1. The minimum Gasteiger partial charge on any atom is -0.383 e. The van der Waals surface area contributed by atoms with Crippen molar-refractivity contribution in [3.63, 3.8) is 0 Å². The van der Waals surface area contributed by atoms with E-state index in [-0.39, 0.29) is 5.54 Å². The smallest absolute Gasteiger partial charge is 0.0645 e. The summed E-state index contributed by atoms with van der Waals surface area (Å²) in [7, 11) is 1.80. The molecule has 3 heteroatoms. The van der Waals surface area contributed by atoms with Crippen molar-refractivity contribution in [2.45, 2.75) is 50.2 Å². The van der Waals surface area contributed by atoms with Crippen LogP contribution in [0.15, 0.2) is 0 Å². The Labute approximate surface area is 92.5 Å². The van der Waals surface area contributed by atoms with E-state index in [1.165, 1.54) is 32.1 Å². The van der Waals surface area contributed by atoms with Crippen molar-refractivity contribution in [1.29, 1.82) is 0 Å². The number of rotatable bonds is 4. The van der Waals surface area contributed by atoms with Crippen molar-refractivity contribution in [2.75, 3.05) is 26.9 Å². The van der Waals surface area contributed by atoms with E-state index in [2.05, 4.69) is 5.32 Å². The number of nitrogens with one attached hydrogen (secondary N) is 1. The van der Waals surface area contributed by atoms with Gasteiger partial charge in [0, 0.05) is 19.3 Å². The van der Waals surface area contributed by atoms with E-state index >= 15 is 0 Å². The van der Waals surface area contributed by atoms with Crippen LogP contribution in [0, 0.1) is 0 Å². The molecule has 0 aliphatic carbocycles. The van der Waals surface area contributed by atoms with Crippen molar-refractivity contribution in [3.05, 3.63) is 0 Å². The van der Waals surface area contributed by atoms with E-state index in [0.717, 1.165) is 26.2 Å². The SMILES string of the molecule is COCC1(CC2CCCO2)CCCCN1. The van der Waals surface area contributed by atoms with Gasteiger partial charge in [0.2, 0.25) is 0 Å². The lowest BCUT2D eigenvalue weighted by Gasteiger charge is -2.39. The second kappa shape index (κ2) is 5.28. The Morgan fingerprint density at radius 1 is 1.40 bits per heavy atom. The lowest BCUT2D eigenvalue weighted by atomic mass is 9.84. The summed E-state index contributed by atoms with van der Waals surface area (Å²) >= 11 is 0. The average Bonchev–Trinajstić information content (AvgIpc) is 2.72. The van der Waals surface area contributed by atoms with Crippen LogP contribution in [0.2, 0.25) is 0 Å². The third-order valence-electron chi connectivity index (χ3n) is 3.65. The predicted octanol–water partition coefficient (Wildman–Crippen LogP) is 1.71. The molecule has 88 valence electrons. The van der Waals surface area contributed by atoms with Gasteiger partial charge in [-0.05, 0) is 38.6 Å². The molecule has 2 rings (SSSR count). The monoisotopic (exact) mass is 213 g/mol. The molecule has 2 aliphatic rings. The maximum absolute atomic E-state index is 5.73. The summed E-state index contributed by atoms with van der Waals surface area (Å²) in [4.78, 5) is 0. The quantitative estimate of drug-likeness (QED) is 0.771. The number of hydrogen-bond donors (Lipinski definition) is 1. The summed E-state index contributed by atoms with van der Waals surface area (Å²) in [6, 6.07) is 0. The van der Waals surface area contributed by atoms with Gasteiger partial charge in [-0.15, -0.1) is 0 Å². The molecule has 2 unspecified atom stereocenters. The van der Waals surface area contributed by atoms with Crippen LogP contribution in [-0.2, 0) is 9.47 Å². The molecule has 0 saturated carbocycles. The fourth-order valence-electron chi connectivity index (χ4n) is 2.90. The first-order valence-corrected chi connectivity index (χ1v) is 6.20. The van der Waals surface area contributed by atoms with Gasteiger partial charge in [0.05, 0.1) is 12.7 Å². The Morgan fingerprint density at radius 3 is 2.93 bits per heavy atom. The fraction of sp³-hybridized carbons (Fsp3) is 1.00. The summed E-state index contributed by atoms with van der Waals surface area (Å²) in [5, 5.41) is 3.66. The Balaban J connectivity index is 1.90.